The van der Waals surface area contributed by atoms with E-state index in [9.17, 15) is 24.6 Å². The van der Waals surface area contributed by atoms with Gasteiger partial charge in [-0.3, -0.25) is 4.79 Å². The normalized spacial score (nSPS) is 12.5. The number of carbonyl (C=O) groups excluding carboxylic acids is 2. The summed E-state index contributed by atoms with van der Waals surface area (Å²) in [6.45, 7) is -0.114. The van der Waals surface area contributed by atoms with Gasteiger partial charge in [0.2, 0.25) is 5.91 Å². The molecule has 0 aromatic heterocycles. The summed E-state index contributed by atoms with van der Waals surface area (Å²) in [6.07, 6.45) is -2.13. The van der Waals surface area contributed by atoms with Gasteiger partial charge in [-0.05, 0) is 39.8 Å². The lowest BCUT2D eigenvalue weighted by atomic mass is 10.1. The average molecular weight is 526 g/mol. The summed E-state index contributed by atoms with van der Waals surface area (Å²) in [6, 6.07) is 15.3. The highest BCUT2D eigenvalue weighted by atomic mass is 127. The van der Waals surface area contributed by atoms with Crippen LogP contribution >= 0.6 is 22.6 Å². The van der Waals surface area contributed by atoms with Crippen LogP contribution < -0.4 is 10.6 Å². The van der Waals surface area contributed by atoms with Crippen molar-refractivity contribution < 1.29 is 29.3 Å². The Morgan fingerprint density at radius 1 is 1.03 bits per heavy atom. The predicted octanol–water partition coefficient (Wildman–Crippen LogP) is 2.08. The molecular weight excluding hydrogens is 503 g/mol. The van der Waals surface area contributed by atoms with E-state index in [0.717, 1.165) is 14.7 Å². The van der Waals surface area contributed by atoms with Gasteiger partial charge < -0.3 is 25.6 Å². The van der Waals surface area contributed by atoms with Gasteiger partial charge in [-0.25, -0.2) is 9.59 Å². The van der Waals surface area contributed by atoms with Crippen LogP contribution in [0.15, 0.2) is 54.6 Å². The first-order valence-corrected chi connectivity index (χ1v) is 10.3. The molecule has 30 heavy (non-hydrogen) atoms. The molecular formula is C21H23IN2O6. The largest absolute Gasteiger partial charge is 0.480 e. The molecule has 2 amide bonds. The number of nitrogens with one attached hydrogen (secondary N) is 2. The molecule has 0 fully saturated rings. The number of alkyl carbamates (subject to hydrolysis) is 1. The fraction of sp³-hybridized carbons (Fsp3) is 0.286. The van der Waals surface area contributed by atoms with Gasteiger partial charge in [0.1, 0.15) is 12.6 Å². The van der Waals surface area contributed by atoms with Crippen LogP contribution in [0.5, 0.6) is 0 Å². The number of carboxylic acid groups (broad SMARTS) is 1. The van der Waals surface area contributed by atoms with Crippen LogP contribution in [0, 0.1) is 3.57 Å². The molecule has 160 valence electrons. The van der Waals surface area contributed by atoms with E-state index >= 15 is 0 Å². The van der Waals surface area contributed by atoms with Crippen molar-refractivity contribution in [2.45, 2.75) is 31.6 Å². The first-order valence-electron chi connectivity index (χ1n) is 9.23. The lowest BCUT2D eigenvalue weighted by Crippen LogP contribution is -2.44. The van der Waals surface area contributed by atoms with Crippen molar-refractivity contribution in [1.82, 2.24) is 10.6 Å². The van der Waals surface area contributed by atoms with Gasteiger partial charge >= 0.3 is 12.1 Å². The number of hydrogen-bond acceptors (Lipinski definition) is 5. The SMILES string of the molecule is O=C(C[C@H](O)CNC(=O)OCc1ccccc1)N[C@H](Cc1ccccc1I)C(=O)O. The van der Waals surface area contributed by atoms with Crippen molar-refractivity contribution >= 4 is 40.6 Å². The molecule has 9 heteroatoms. The van der Waals surface area contributed by atoms with Crippen LogP contribution in [0.4, 0.5) is 4.79 Å². The molecule has 0 spiro atoms. The molecule has 4 N–H and O–H groups in total. The molecule has 0 aliphatic heterocycles. The van der Waals surface area contributed by atoms with Gasteiger partial charge in [-0.2, -0.15) is 0 Å². The number of hydrogen-bond donors (Lipinski definition) is 4. The topological polar surface area (TPSA) is 125 Å². The second-order valence-corrected chi connectivity index (χ2v) is 7.72. The molecule has 2 aromatic carbocycles. The van der Waals surface area contributed by atoms with Crippen LogP contribution in [-0.4, -0.2) is 46.9 Å². The Morgan fingerprint density at radius 3 is 2.37 bits per heavy atom. The summed E-state index contributed by atoms with van der Waals surface area (Å²) in [5, 5.41) is 24.1. The fourth-order valence-corrected chi connectivity index (χ4v) is 3.21. The molecule has 2 atom stereocenters. The number of carboxylic acids is 1. The standard InChI is InChI=1S/C21H23IN2O6/c22-17-9-5-4-8-15(17)10-18(20(27)28)24-19(26)11-16(25)12-23-21(29)30-13-14-6-2-1-3-7-14/h1-9,16,18,25H,10-13H2,(H,23,29)(H,24,26)(H,27,28)/t16-,18+/m0/s1. The quantitative estimate of drug-likeness (QED) is 0.352. The van der Waals surface area contributed by atoms with Gasteiger partial charge in [0.05, 0.1) is 12.5 Å². The first kappa shape index (κ1) is 23.6. The fourth-order valence-electron chi connectivity index (χ4n) is 2.60. The molecule has 0 aliphatic carbocycles. The molecule has 8 nitrogen and oxygen atoms in total. The third kappa shape index (κ3) is 8.37. The lowest BCUT2D eigenvalue weighted by Gasteiger charge is -2.17. The number of benzene rings is 2. The Balaban J connectivity index is 1.74. The van der Waals surface area contributed by atoms with Crippen molar-refractivity contribution in [1.29, 1.82) is 0 Å². The van der Waals surface area contributed by atoms with Crippen LogP contribution in [0.25, 0.3) is 0 Å². The molecule has 2 aromatic rings. The third-order valence-electron chi connectivity index (χ3n) is 4.13. The van der Waals surface area contributed by atoms with Crippen LogP contribution in [0.2, 0.25) is 0 Å². The molecule has 2 rings (SSSR count). The molecule has 0 radical (unpaired) electrons. The highest BCUT2D eigenvalue weighted by molar-refractivity contribution is 14.1. The third-order valence-corrected chi connectivity index (χ3v) is 5.18. The Labute approximate surface area is 187 Å². The smallest absolute Gasteiger partial charge is 0.407 e. The van der Waals surface area contributed by atoms with E-state index in [1.54, 1.807) is 12.1 Å². The zero-order chi connectivity index (χ0) is 21.9. The molecule has 0 bridgehead atoms. The molecule has 0 heterocycles. The highest BCUT2D eigenvalue weighted by Gasteiger charge is 2.22. The van der Waals surface area contributed by atoms with Crippen LogP contribution in [0.1, 0.15) is 17.5 Å². The summed E-state index contributed by atoms with van der Waals surface area (Å²) in [7, 11) is 0. The number of aliphatic hydroxyl groups is 1. The van der Waals surface area contributed by atoms with Crippen molar-refractivity contribution in [2.24, 2.45) is 0 Å². The number of amides is 2. The summed E-state index contributed by atoms with van der Waals surface area (Å²) in [4.78, 5) is 35.3. The molecule has 0 aliphatic rings. The molecule has 0 saturated carbocycles. The number of aliphatic carboxylic acids is 1. The van der Waals surface area contributed by atoms with Crippen molar-refractivity contribution in [2.75, 3.05) is 6.54 Å². The zero-order valence-electron chi connectivity index (χ0n) is 16.1. The maximum Gasteiger partial charge on any atom is 0.407 e. The van der Waals surface area contributed by atoms with Crippen molar-refractivity contribution in [3.63, 3.8) is 0 Å². The van der Waals surface area contributed by atoms with Gasteiger partial charge in [-0.15, -0.1) is 0 Å². The second-order valence-electron chi connectivity index (χ2n) is 6.55. The van der Waals surface area contributed by atoms with Crippen LogP contribution in [0.3, 0.4) is 0 Å². The van der Waals surface area contributed by atoms with E-state index in [4.69, 9.17) is 4.74 Å². The van der Waals surface area contributed by atoms with Crippen molar-refractivity contribution in [3.05, 3.63) is 69.3 Å². The van der Waals surface area contributed by atoms with E-state index in [-0.39, 0.29) is 26.0 Å². The maximum atomic E-state index is 12.1. The number of carbonyl (C=O) groups is 3. The minimum atomic E-state index is -1.18. The minimum absolute atomic E-state index is 0.0852. The van der Waals surface area contributed by atoms with Gasteiger partial charge in [0.15, 0.2) is 0 Å². The number of rotatable bonds is 10. The Hall–Kier alpha value is -2.66. The highest BCUT2D eigenvalue weighted by Crippen LogP contribution is 2.14. The van der Waals surface area contributed by atoms with E-state index in [1.807, 2.05) is 42.5 Å². The Bertz CT molecular complexity index is 862. The Morgan fingerprint density at radius 2 is 1.70 bits per heavy atom. The average Bonchev–Trinajstić information content (AvgIpc) is 2.72. The Kier molecular flexibility index (Phi) is 9.55. The number of ether oxygens (including phenoxy) is 1. The monoisotopic (exact) mass is 526 g/mol. The summed E-state index contributed by atoms with van der Waals surface area (Å²) in [5.41, 5.74) is 1.62. The van der Waals surface area contributed by atoms with E-state index in [1.165, 1.54) is 0 Å². The van der Waals surface area contributed by atoms with Crippen LogP contribution in [-0.2, 0) is 27.4 Å². The molecule has 0 saturated heterocycles. The van der Waals surface area contributed by atoms with E-state index in [0.29, 0.717) is 0 Å². The maximum absolute atomic E-state index is 12.1. The predicted molar refractivity (Wildman–Crippen MR) is 118 cm³/mol. The minimum Gasteiger partial charge on any atom is -0.480 e. The van der Waals surface area contributed by atoms with E-state index < -0.39 is 30.1 Å². The molecule has 0 unspecified atom stereocenters. The number of halogens is 1. The summed E-state index contributed by atoms with van der Waals surface area (Å²) < 4.78 is 5.91. The lowest BCUT2D eigenvalue weighted by molar-refractivity contribution is -0.142. The van der Waals surface area contributed by atoms with Gasteiger partial charge in [0.25, 0.3) is 0 Å². The summed E-state index contributed by atoms with van der Waals surface area (Å²) >= 11 is 2.10. The van der Waals surface area contributed by atoms with Gasteiger partial charge in [-0.1, -0.05) is 48.5 Å². The van der Waals surface area contributed by atoms with Gasteiger partial charge in [0, 0.05) is 16.5 Å². The second kappa shape index (κ2) is 12.1. The number of aliphatic hydroxyl groups excluding tert-OH is 1. The van der Waals surface area contributed by atoms with E-state index in [2.05, 4.69) is 33.2 Å². The summed E-state index contributed by atoms with van der Waals surface area (Å²) in [5.74, 6) is -1.79. The van der Waals surface area contributed by atoms with Crippen molar-refractivity contribution in [3.8, 4) is 0 Å². The zero-order valence-corrected chi connectivity index (χ0v) is 18.2. The first-order chi connectivity index (χ1) is 14.3.